The van der Waals surface area contributed by atoms with Crippen LogP contribution in [0.1, 0.15) is 47.1 Å². The molecular weight excluding hydrogens is 337 g/mol. The van der Waals surface area contributed by atoms with Crippen LogP contribution in [-0.4, -0.2) is 18.3 Å². The molecule has 4 nitrogen and oxygen atoms in total. The van der Waals surface area contributed by atoms with E-state index in [2.05, 4.69) is 38.6 Å². The van der Waals surface area contributed by atoms with E-state index in [4.69, 9.17) is 20.6 Å². The van der Waals surface area contributed by atoms with Crippen LogP contribution in [-0.2, 0) is 14.9 Å². The summed E-state index contributed by atoms with van der Waals surface area (Å²) < 4.78 is 18.7. The van der Waals surface area contributed by atoms with Crippen molar-refractivity contribution in [3.8, 4) is 16.9 Å². The normalized spacial score (nSPS) is 21.0. The van der Waals surface area contributed by atoms with Crippen LogP contribution in [0.25, 0.3) is 16.0 Å². The summed E-state index contributed by atoms with van der Waals surface area (Å²) in [5.41, 5.74) is 3.47. The fourth-order valence-corrected chi connectivity index (χ4v) is 3.64. The predicted molar refractivity (Wildman–Crippen MR) is 108 cm³/mol. The van der Waals surface area contributed by atoms with E-state index in [1.54, 1.807) is 0 Å². The highest BCUT2D eigenvalue weighted by molar-refractivity contribution is 6.62. The van der Waals surface area contributed by atoms with Gasteiger partial charge in [0.25, 0.3) is 0 Å². The Balaban J connectivity index is 1.77. The number of rotatable bonds is 1. The van der Waals surface area contributed by atoms with Crippen molar-refractivity contribution in [3.05, 3.63) is 53.4 Å². The number of ether oxygens (including phenoxy) is 1. The van der Waals surface area contributed by atoms with Crippen molar-refractivity contribution in [1.82, 2.24) is 0 Å². The van der Waals surface area contributed by atoms with Crippen molar-refractivity contribution in [1.29, 1.82) is 0 Å². The zero-order valence-corrected chi connectivity index (χ0v) is 16.7. The molecule has 2 heterocycles. The number of hydrogen-bond donors (Lipinski definition) is 0. The lowest BCUT2D eigenvalue weighted by Crippen LogP contribution is -2.41. The van der Waals surface area contributed by atoms with Crippen molar-refractivity contribution >= 4 is 18.3 Å². The Kier molecular flexibility index (Phi) is 3.76. The Bertz CT molecular complexity index is 956. The number of hydrogen-bond acceptors (Lipinski definition) is 3. The summed E-state index contributed by atoms with van der Waals surface area (Å²) in [6.07, 6.45) is 0. The van der Waals surface area contributed by atoms with E-state index < -0.39 is 12.7 Å². The molecule has 0 amide bonds. The second kappa shape index (κ2) is 5.61. The van der Waals surface area contributed by atoms with Gasteiger partial charge in [-0.1, -0.05) is 24.3 Å². The van der Waals surface area contributed by atoms with Gasteiger partial charge in [0.1, 0.15) is 11.4 Å². The molecule has 0 N–H and O–H groups in total. The summed E-state index contributed by atoms with van der Waals surface area (Å²) >= 11 is 0. The Morgan fingerprint density at radius 1 is 0.852 bits per heavy atom. The largest absolute Gasteiger partial charge is 0.494 e. The SMILES string of the molecule is [C-]#[N+]c1ccc2c(c1)C(C)(C)Oc1cc(B3OC(C)(C)C(C)(C)O3)ccc1-2. The van der Waals surface area contributed by atoms with Gasteiger partial charge in [0.05, 0.1) is 17.8 Å². The molecule has 2 aromatic carbocycles. The highest BCUT2D eigenvalue weighted by atomic mass is 16.7. The van der Waals surface area contributed by atoms with Gasteiger partial charge in [-0.15, -0.1) is 0 Å². The van der Waals surface area contributed by atoms with Crippen molar-refractivity contribution in [2.75, 3.05) is 0 Å². The van der Waals surface area contributed by atoms with Crippen molar-refractivity contribution in [3.63, 3.8) is 0 Å². The van der Waals surface area contributed by atoms with Gasteiger partial charge in [-0.3, -0.25) is 0 Å². The first-order valence-electron chi connectivity index (χ1n) is 9.25. The van der Waals surface area contributed by atoms with E-state index in [1.165, 1.54) is 0 Å². The molecule has 0 aliphatic carbocycles. The third-order valence-corrected chi connectivity index (χ3v) is 5.97. The lowest BCUT2D eigenvalue weighted by molar-refractivity contribution is 0.00578. The Morgan fingerprint density at radius 3 is 2.11 bits per heavy atom. The second-order valence-electron chi connectivity index (χ2n) is 8.80. The van der Waals surface area contributed by atoms with Gasteiger partial charge in [0, 0.05) is 5.56 Å². The fourth-order valence-electron chi connectivity index (χ4n) is 3.64. The molecule has 0 aromatic heterocycles. The van der Waals surface area contributed by atoms with E-state index >= 15 is 0 Å². The predicted octanol–water partition coefficient (Wildman–Crippen LogP) is 4.83. The summed E-state index contributed by atoms with van der Waals surface area (Å²) in [6.45, 7) is 19.6. The molecule has 2 aromatic rings. The van der Waals surface area contributed by atoms with Crippen LogP contribution in [0, 0.1) is 6.57 Å². The van der Waals surface area contributed by atoms with Crippen LogP contribution in [0.3, 0.4) is 0 Å². The lowest BCUT2D eigenvalue weighted by atomic mass is 9.77. The van der Waals surface area contributed by atoms with E-state index in [0.29, 0.717) is 5.69 Å². The third kappa shape index (κ3) is 2.75. The van der Waals surface area contributed by atoms with Crippen LogP contribution in [0.5, 0.6) is 5.75 Å². The molecule has 0 atom stereocenters. The van der Waals surface area contributed by atoms with Gasteiger partial charge in [-0.2, -0.15) is 0 Å². The Labute approximate surface area is 161 Å². The maximum absolute atomic E-state index is 7.28. The van der Waals surface area contributed by atoms with Crippen molar-refractivity contribution in [2.45, 2.75) is 58.3 Å². The molecule has 5 heteroatoms. The monoisotopic (exact) mass is 361 g/mol. The number of nitrogens with zero attached hydrogens (tertiary/aromatic N) is 1. The molecule has 0 saturated carbocycles. The zero-order valence-electron chi connectivity index (χ0n) is 16.7. The van der Waals surface area contributed by atoms with Crippen LogP contribution in [0.2, 0.25) is 0 Å². The van der Waals surface area contributed by atoms with E-state index in [9.17, 15) is 0 Å². The molecule has 0 bridgehead atoms. The first-order valence-corrected chi connectivity index (χ1v) is 9.25. The molecule has 1 saturated heterocycles. The minimum absolute atomic E-state index is 0.379. The summed E-state index contributed by atoms with van der Waals surface area (Å²) in [4.78, 5) is 3.56. The van der Waals surface area contributed by atoms with E-state index in [-0.39, 0.29) is 11.2 Å². The van der Waals surface area contributed by atoms with Crippen LogP contribution >= 0.6 is 0 Å². The number of fused-ring (bicyclic) bond motifs is 3. The van der Waals surface area contributed by atoms with Crippen molar-refractivity contribution in [2.24, 2.45) is 0 Å². The van der Waals surface area contributed by atoms with Gasteiger partial charge in [-0.05, 0) is 70.3 Å². The average Bonchev–Trinajstić information content (AvgIpc) is 2.81. The maximum Gasteiger partial charge on any atom is 0.494 e. The summed E-state index contributed by atoms with van der Waals surface area (Å²) in [5.74, 6) is 0.815. The fraction of sp³-hybridized carbons (Fsp3) is 0.409. The Morgan fingerprint density at radius 2 is 1.48 bits per heavy atom. The van der Waals surface area contributed by atoms with Crippen LogP contribution in [0.15, 0.2) is 36.4 Å². The molecular formula is C22H24BNO3. The molecule has 138 valence electrons. The van der Waals surface area contributed by atoms with Crippen LogP contribution in [0.4, 0.5) is 5.69 Å². The minimum atomic E-state index is -0.516. The topological polar surface area (TPSA) is 32.0 Å². The highest BCUT2D eigenvalue weighted by Crippen LogP contribution is 2.46. The smallest absolute Gasteiger partial charge is 0.483 e. The van der Waals surface area contributed by atoms with E-state index in [1.807, 2.05) is 44.2 Å². The second-order valence-corrected chi connectivity index (χ2v) is 8.80. The van der Waals surface area contributed by atoms with Crippen LogP contribution < -0.4 is 10.2 Å². The van der Waals surface area contributed by atoms with Crippen molar-refractivity contribution < 1.29 is 14.0 Å². The average molecular weight is 361 g/mol. The summed E-state index contributed by atoms with van der Waals surface area (Å²) in [5, 5.41) is 0. The quantitative estimate of drug-likeness (QED) is 0.539. The molecule has 1 fully saturated rings. The zero-order chi connectivity index (χ0) is 19.6. The first-order chi connectivity index (χ1) is 12.5. The first kappa shape index (κ1) is 18.1. The number of benzene rings is 2. The third-order valence-electron chi connectivity index (χ3n) is 5.97. The minimum Gasteiger partial charge on any atom is -0.483 e. The molecule has 27 heavy (non-hydrogen) atoms. The summed E-state index contributed by atoms with van der Waals surface area (Å²) in [6, 6.07) is 11.9. The van der Waals surface area contributed by atoms with Gasteiger partial charge in [-0.25, -0.2) is 4.85 Å². The lowest BCUT2D eigenvalue weighted by Gasteiger charge is -2.35. The van der Waals surface area contributed by atoms with E-state index in [0.717, 1.165) is 27.9 Å². The van der Waals surface area contributed by atoms with Gasteiger partial charge in [0.2, 0.25) is 0 Å². The molecule has 0 radical (unpaired) electrons. The van der Waals surface area contributed by atoms with Gasteiger partial charge >= 0.3 is 7.12 Å². The Hall–Kier alpha value is -2.29. The molecule has 2 aliphatic rings. The standard InChI is InChI=1S/C22H24BNO3/c1-20(2)18-13-15(24-7)9-11-16(18)17-10-8-14(12-19(17)25-20)23-26-21(3,4)22(5,6)27-23/h8-13H,1-6H3. The molecule has 2 aliphatic heterocycles. The highest BCUT2D eigenvalue weighted by Gasteiger charge is 2.52. The maximum atomic E-state index is 7.28. The van der Waals surface area contributed by atoms with Gasteiger partial charge in [0.15, 0.2) is 5.69 Å². The molecule has 0 spiro atoms. The molecule has 0 unspecified atom stereocenters. The van der Waals surface area contributed by atoms with Gasteiger partial charge < -0.3 is 14.0 Å². The molecule has 4 rings (SSSR count). The summed E-state index contributed by atoms with van der Waals surface area (Å²) in [7, 11) is -0.419.